The number of amides is 2. The third kappa shape index (κ3) is 4.14. The predicted molar refractivity (Wildman–Crippen MR) is 63.3 cm³/mol. The molecule has 1 atom stereocenters. The third-order valence-electron chi connectivity index (χ3n) is 2.48. The second-order valence-electron chi connectivity index (χ2n) is 3.90. The number of urea groups is 1. The molecule has 5 heteroatoms. The number of nitrogens with zero attached hydrogens (tertiary/aromatic N) is 1. The quantitative estimate of drug-likeness (QED) is 0.811. The van der Waals surface area contributed by atoms with Crippen molar-refractivity contribution >= 4 is 12.0 Å². The number of hydrogen-bond donors (Lipinski definition) is 2. The molecular weight excluding hydrogens is 220 g/mol. The summed E-state index contributed by atoms with van der Waals surface area (Å²) in [6, 6.07) is 8.28. The molecule has 0 fully saturated rings. The van der Waals surface area contributed by atoms with E-state index in [1.165, 1.54) is 4.90 Å². The van der Waals surface area contributed by atoms with Gasteiger partial charge in [0, 0.05) is 12.6 Å². The van der Waals surface area contributed by atoms with Crippen LogP contribution >= 0.6 is 0 Å². The Morgan fingerprint density at radius 2 is 1.94 bits per heavy atom. The number of carbonyl (C=O) groups is 2. The molecule has 0 aliphatic heterocycles. The Morgan fingerprint density at radius 3 is 2.41 bits per heavy atom. The topological polar surface area (TPSA) is 83.6 Å². The van der Waals surface area contributed by atoms with E-state index in [1.54, 1.807) is 6.92 Å². The maximum absolute atomic E-state index is 11.3. The van der Waals surface area contributed by atoms with Crippen LogP contribution in [0.4, 0.5) is 4.79 Å². The largest absolute Gasteiger partial charge is 0.481 e. The average molecular weight is 236 g/mol. The van der Waals surface area contributed by atoms with Crippen LogP contribution in [0.5, 0.6) is 0 Å². The van der Waals surface area contributed by atoms with E-state index >= 15 is 0 Å². The summed E-state index contributed by atoms with van der Waals surface area (Å²) >= 11 is 0. The molecular formula is C12H16N2O3. The van der Waals surface area contributed by atoms with Crippen molar-refractivity contribution in [2.75, 3.05) is 0 Å². The number of carboxylic acid groups (broad SMARTS) is 1. The van der Waals surface area contributed by atoms with Gasteiger partial charge in [-0.1, -0.05) is 30.3 Å². The van der Waals surface area contributed by atoms with Gasteiger partial charge in [0.25, 0.3) is 0 Å². The van der Waals surface area contributed by atoms with Crippen molar-refractivity contribution in [2.24, 2.45) is 5.73 Å². The number of hydrogen-bond acceptors (Lipinski definition) is 2. The van der Waals surface area contributed by atoms with Crippen LogP contribution in [0.1, 0.15) is 18.9 Å². The fourth-order valence-electron chi connectivity index (χ4n) is 1.59. The van der Waals surface area contributed by atoms with Crippen LogP contribution in [0.3, 0.4) is 0 Å². The Kier molecular flexibility index (Phi) is 4.51. The Balaban J connectivity index is 2.73. The van der Waals surface area contributed by atoms with Gasteiger partial charge in [-0.15, -0.1) is 0 Å². The summed E-state index contributed by atoms with van der Waals surface area (Å²) < 4.78 is 0. The van der Waals surface area contributed by atoms with Crippen LogP contribution in [0.2, 0.25) is 0 Å². The first kappa shape index (κ1) is 13.0. The van der Waals surface area contributed by atoms with Gasteiger partial charge in [0.1, 0.15) is 0 Å². The lowest BCUT2D eigenvalue weighted by molar-refractivity contribution is -0.138. The molecule has 1 unspecified atom stereocenters. The van der Waals surface area contributed by atoms with E-state index in [9.17, 15) is 9.59 Å². The van der Waals surface area contributed by atoms with Crippen molar-refractivity contribution in [3.63, 3.8) is 0 Å². The van der Waals surface area contributed by atoms with Gasteiger partial charge in [0.15, 0.2) is 0 Å². The number of benzene rings is 1. The molecule has 0 spiro atoms. The monoisotopic (exact) mass is 236 g/mol. The summed E-state index contributed by atoms with van der Waals surface area (Å²) in [6.07, 6.45) is -0.115. The zero-order valence-corrected chi connectivity index (χ0v) is 9.67. The van der Waals surface area contributed by atoms with Gasteiger partial charge in [0.2, 0.25) is 0 Å². The Labute approximate surface area is 99.8 Å². The maximum Gasteiger partial charge on any atom is 0.315 e. The number of carbonyl (C=O) groups excluding carboxylic acids is 1. The summed E-state index contributed by atoms with van der Waals surface area (Å²) in [5.41, 5.74) is 6.18. The zero-order valence-electron chi connectivity index (χ0n) is 9.67. The van der Waals surface area contributed by atoms with Crippen LogP contribution in [0.25, 0.3) is 0 Å². The van der Waals surface area contributed by atoms with E-state index in [0.717, 1.165) is 5.56 Å². The van der Waals surface area contributed by atoms with Crippen LogP contribution in [0.15, 0.2) is 30.3 Å². The van der Waals surface area contributed by atoms with Crippen molar-refractivity contribution in [1.82, 2.24) is 4.90 Å². The van der Waals surface area contributed by atoms with E-state index in [2.05, 4.69) is 0 Å². The van der Waals surface area contributed by atoms with Gasteiger partial charge in [-0.2, -0.15) is 0 Å². The third-order valence-corrected chi connectivity index (χ3v) is 2.48. The van der Waals surface area contributed by atoms with E-state index in [4.69, 9.17) is 10.8 Å². The lowest BCUT2D eigenvalue weighted by atomic mass is 10.1. The molecule has 92 valence electrons. The summed E-state index contributed by atoms with van der Waals surface area (Å²) in [5, 5.41) is 8.70. The maximum atomic E-state index is 11.3. The van der Waals surface area contributed by atoms with Gasteiger partial charge in [-0.25, -0.2) is 4.79 Å². The fraction of sp³-hybridized carbons (Fsp3) is 0.333. The van der Waals surface area contributed by atoms with E-state index < -0.39 is 18.0 Å². The molecule has 0 saturated heterocycles. The van der Waals surface area contributed by atoms with E-state index in [-0.39, 0.29) is 6.42 Å². The molecule has 2 amide bonds. The molecule has 0 radical (unpaired) electrons. The van der Waals surface area contributed by atoms with Crippen molar-refractivity contribution in [2.45, 2.75) is 25.9 Å². The van der Waals surface area contributed by atoms with Crippen molar-refractivity contribution in [3.05, 3.63) is 35.9 Å². The second-order valence-corrected chi connectivity index (χ2v) is 3.90. The number of nitrogens with two attached hydrogens (primary N) is 1. The van der Waals surface area contributed by atoms with E-state index in [1.807, 2.05) is 30.3 Å². The molecule has 0 aromatic heterocycles. The van der Waals surface area contributed by atoms with Crippen LogP contribution in [-0.4, -0.2) is 28.0 Å². The molecule has 3 N–H and O–H groups in total. The summed E-state index contributed by atoms with van der Waals surface area (Å²) in [4.78, 5) is 23.2. The first-order chi connectivity index (χ1) is 8.00. The highest BCUT2D eigenvalue weighted by Crippen LogP contribution is 2.10. The first-order valence-corrected chi connectivity index (χ1v) is 5.32. The van der Waals surface area contributed by atoms with Crippen LogP contribution < -0.4 is 5.73 Å². The van der Waals surface area contributed by atoms with Crippen LogP contribution in [-0.2, 0) is 11.3 Å². The van der Waals surface area contributed by atoms with Crippen molar-refractivity contribution in [1.29, 1.82) is 0 Å². The van der Waals surface area contributed by atoms with Crippen molar-refractivity contribution in [3.8, 4) is 0 Å². The average Bonchev–Trinajstić information content (AvgIpc) is 2.25. The smallest absolute Gasteiger partial charge is 0.315 e. The van der Waals surface area contributed by atoms with Crippen molar-refractivity contribution < 1.29 is 14.7 Å². The second kappa shape index (κ2) is 5.89. The van der Waals surface area contributed by atoms with Gasteiger partial charge < -0.3 is 15.7 Å². The number of aliphatic carboxylic acids is 1. The molecule has 17 heavy (non-hydrogen) atoms. The van der Waals surface area contributed by atoms with Crippen LogP contribution in [0, 0.1) is 0 Å². The van der Waals surface area contributed by atoms with Gasteiger partial charge in [-0.05, 0) is 12.5 Å². The molecule has 0 saturated carbocycles. The molecule has 1 aromatic carbocycles. The Morgan fingerprint density at radius 1 is 1.35 bits per heavy atom. The minimum absolute atomic E-state index is 0.115. The number of primary amides is 1. The molecule has 1 aromatic rings. The highest BCUT2D eigenvalue weighted by molar-refractivity contribution is 5.74. The molecule has 1 rings (SSSR count). The highest BCUT2D eigenvalue weighted by Gasteiger charge is 2.20. The number of rotatable bonds is 5. The van der Waals surface area contributed by atoms with E-state index in [0.29, 0.717) is 6.54 Å². The lowest BCUT2D eigenvalue weighted by Gasteiger charge is -2.26. The number of carboxylic acids is 1. The lowest BCUT2D eigenvalue weighted by Crippen LogP contribution is -2.42. The Hall–Kier alpha value is -2.04. The molecule has 0 bridgehead atoms. The molecule has 5 nitrogen and oxygen atoms in total. The molecule has 0 aliphatic rings. The minimum Gasteiger partial charge on any atom is -0.481 e. The zero-order chi connectivity index (χ0) is 12.8. The summed E-state index contributed by atoms with van der Waals surface area (Å²) in [7, 11) is 0. The minimum atomic E-state index is -0.947. The molecule has 0 heterocycles. The van der Waals surface area contributed by atoms with Gasteiger partial charge >= 0.3 is 12.0 Å². The van der Waals surface area contributed by atoms with Gasteiger partial charge in [-0.3, -0.25) is 4.79 Å². The molecule has 0 aliphatic carbocycles. The Bertz CT molecular complexity index is 392. The normalized spacial score (nSPS) is 11.8. The first-order valence-electron chi connectivity index (χ1n) is 5.32. The highest BCUT2D eigenvalue weighted by atomic mass is 16.4. The fourth-order valence-corrected chi connectivity index (χ4v) is 1.59. The predicted octanol–water partition coefficient (Wildman–Crippen LogP) is 1.43. The standard InChI is InChI=1S/C12H16N2O3/c1-9(7-11(15)16)14(12(13)17)8-10-5-3-2-4-6-10/h2-6,9H,7-8H2,1H3,(H2,13,17)(H,15,16). The summed E-state index contributed by atoms with van der Waals surface area (Å²) in [5.74, 6) is -0.947. The summed E-state index contributed by atoms with van der Waals surface area (Å²) in [6.45, 7) is 1.99. The van der Waals surface area contributed by atoms with Gasteiger partial charge in [0.05, 0.1) is 6.42 Å². The SMILES string of the molecule is CC(CC(=O)O)N(Cc1ccccc1)C(N)=O.